The van der Waals surface area contributed by atoms with Gasteiger partial charge in [0, 0.05) is 32.6 Å². The Kier molecular flexibility index (Phi) is 6.44. The molecule has 1 aliphatic rings. The number of hydrogen-bond acceptors (Lipinski definition) is 9. The lowest BCUT2D eigenvalue weighted by Gasteiger charge is -2.26. The number of nitrogens with zero attached hydrogens (tertiary/aromatic N) is 6. The quantitative estimate of drug-likeness (QED) is 0.300. The van der Waals surface area contributed by atoms with Crippen LogP contribution in [0.15, 0.2) is 53.6 Å². The fourth-order valence-electron chi connectivity index (χ4n) is 4.96. The number of rotatable bonds is 7. The molecular weight excluding hydrogens is 482 g/mol. The van der Waals surface area contributed by atoms with Gasteiger partial charge in [-0.25, -0.2) is 9.97 Å². The van der Waals surface area contributed by atoms with E-state index in [9.17, 15) is 4.79 Å². The summed E-state index contributed by atoms with van der Waals surface area (Å²) in [7, 11) is 0. The van der Waals surface area contributed by atoms with Crippen LogP contribution in [0.4, 0.5) is 11.8 Å². The largest absolute Gasteiger partial charge is 0.379 e. The predicted molar refractivity (Wildman–Crippen MR) is 146 cm³/mol. The first-order chi connectivity index (χ1) is 18.6. The molecule has 0 atom stereocenters. The van der Waals surface area contributed by atoms with Gasteiger partial charge in [-0.1, -0.05) is 24.3 Å². The Morgan fingerprint density at radius 1 is 1.11 bits per heavy atom. The maximum Gasteiger partial charge on any atom is 0.266 e. The maximum atomic E-state index is 13.9. The normalized spacial score (nSPS) is 14.3. The summed E-state index contributed by atoms with van der Waals surface area (Å²) >= 11 is 0. The SMILES string of the molecule is Cc1cccc2nc(CCNc3nc(N)nc4[nH]cnc34)n(-c3cccc(CN4CCOCC4)c3)c(=O)c12. The molecule has 0 radical (unpaired) electrons. The molecule has 38 heavy (non-hydrogen) atoms. The number of hydrogen-bond donors (Lipinski definition) is 3. The summed E-state index contributed by atoms with van der Waals surface area (Å²) in [6.45, 7) is 6.50. The number of H-pyrrole nitrogens is 1. The molecule has 5 aromatic rings. The van der Waals surface area contributed by atoms with Gasteiger partial charge >= 0.3 is 0 Å². The average Bonchev–Trinajstić information content (AvgIpc) is 3.38. The number of imidazole rings is 1. The number of aryl methyl sites for hydroxylation is 1. The summed E-state index contributed by atoms with van der Waals surface area (Å²) in [5.41, 5.74) is 10.5. The van der Waals surface area contributed by atoms with E-state index in [2.05, 4.69) is 42.3 Å². The Bertz CT molecular complexity index is 1670. The first-order valence-electron chi connectivity index (χ1n) is 12.7. The van der Waals surface area contributed by atoms with Crippen LogP contribution in [-0.2, 0) is 17.7 Å². The minimum atomic E-state index is -0.0763. The molecule has 11 nitrogen and oxygen atoms in total. The molecule has 0 bridgehead atoms. The highest BCUT2D eigenvalue weighted by atomic mass is 16.5. The van der Waals surface area contributed by atoms with Gasteiger partial charge < -0.3 is 20.8 Å². The average molecular weight is 512 g/mol. The number of anilines is 2. The van der Waals surface area contributed by atoms with Crippen LogP contribution < -0.4 is 16.6 Å². The molecule has 4 heterocycles. The summed E-state index contributed by atoms with van der Waals surface area (Å²) in [5.74, 6) is 1.34. The van der Waals surface area contributed by atoms with E-state index in [-0.39, 0.29) is 11.5 Å². The van der Waals surface area contributed by atoms with E-state index in [0.29, 0.717) is 46.7 Å². The van der Waals surface area contributed by atoms with Gasteiger partial charge in [0.2, 0.25) is 5.95 Å². The number of nitrogens with two attached hydrogens (primary N) is 1. The van der Waals surface area contributed by atoms with Crippen LogP contribution >= 0.6 is 0 Å². The van der Waals surface area contributed by atoms with Crippen molar-refractivity contribution in [3.8, 4) is 5.69 Å². The van der Waals surface area contributed by atoms with Crippen LogP contribution in [-0.4, -0.2) is 67.2 Å². The molecule has 3 aromatic heterocycles. The summed E-state index contributed by atoms with van der Waals surface area (Å²) in [4.78, 5) is 36.9. The predicted octanol–water partition coefficient (Wildman–Crippen LogP) is 2.43. The van der Waals surface area contributed by atoms with Crippen molar-refractivity contribution in [2.24, 2.45) is 0 Å². The van der Waals surface area contributed by atoms with Crippen LogP contribution in [0.3, 0.4) is 0 Å². The number of fused-ring (bicyclic) bond motifs is 2. The van der Waals surface area contributed by atoms with E-state index in [1.54, 1.807) is 10.9 Å². The van der Waals surface area contributed by atoms with E-state index in [1.807, 2.05) is 37.3 Å². The van der Waals surface area contributed by atoms with Gasteiger partial charge in [-0.15, -0.1) is 0 Å². The summed E-state index contributed by atoms with van der Waals surface area (Å²) in [6.07, 6.45) is 2.03. The molecule has 0 amide bonds. The fraction of sp³-hybridized carbons (Fsp3) is 0.296. The van der Waals surface area contributed by atoms with Crippen molar-refractivity contribution in [3.05, 3.63) is 76.1 Å². The minimum Gasteiger partial charge on any atom is -0.379 e. The van der Waals surface area contributed by atoms with Crippen molar-refractivity contribution in [2.45, 2.75) is 19.9 Å². The summed E-state index contributed by atoms with van der Waals surface area (Å²) in [6, 6.07) is 13.9. The molecular formula is C27H29N9O2. The zero-order valence-electron chi connectivity index (χ0n) is 21.1. The first kappa shape index (κ1) is 24.0. The van der Waals surface area contributed by atoms with Crippen molar-refractivity contribution in [3.63, 3.8) is 0 Å². The van der Waals surface area contributed by atoms with Crippen molar-refractivity contribution < 1.29 is 4.74 Å². The Morgan fingerprint density at radius 2 is 1.95 bits per heavy atom. The first-order valence-corrected chi connectivity index (χ1v) is 12.7. The number of nitrogens with one attached hydrogen (secondary N) is 2. The van der Waals surface area contributed by atoms with E-state index >= 15 is 0 Å². The van der Waals surface area contributed by atoms with Crippen LogP contribution in [0.5, 0.6) is 0 Å². The third-order valence-electron chi connectivity index (χ3n) is 6.79. The van der Waals surface area contributed by atoms with Crippen LogP contribution in [0, 0.1) is 6.92 Å². The maximum absolute atomic E-state index is 13.9. The highest BCUT2D eigenvalue weighted by molar-refractivity contribution is 5.83. The van der Waals surface area contributed by atoms with E-state index in [1.165, 1.54) is 0 Å². The fourth-order valence-corrected chi connectivity index (χ4v) is 4.96. The lowest BCUT2D eigenvalue weighted by Crippen LogP contribution is -2.35. The molecule has 1 aliphatic heterocycles. The lowest BCUT2D eigenvalue weighted by molar-refractivity contribution is 0.0342. The molecule has 4 N–H and O–H groups in total. The molecule has 11 heteroatoms. The Balaban J connectivity index is 1.36. The Hall–Kier alpha value is -4.35. The summed E-state index contributed by atoms with van der Waals surface area (Å²) in [5, 5.41) is 3.93. The molecule has 0 saturated carbocycles. The third kappa shape index (κ3) is 4.69. The topological polar surface area (TPSA) is 140 Å². The molecule has 1 fully saturated rings. The van der Waals surface area contributed by atoms with Gasteiger partial charge in [-0.2, -0.15) is 9.97 Å². The number of aromatic nitrogens is 6. The molecule has 1 saturated heterocycles. The standard InChI is InChI=1S/C27H29N9O2/c1-17-4-2-7-20-22(17)26(37)36(19-6-3-5-18(14-19)15-35-10-12-38-13-11-35)21(32-20)8-9-29-24-23-25(31-16-30-23)34-27(28)33-24/h2-7,14,16H,8-13,15H2,1H3,(H4,28,29,30,31,33,34). The van der Waals surface area contributed by atoms with Crippen molar-refractivity contribution in [1.29, 1.82) is 0 Å². The van der Waals surface area contributed by atoms with Crippen LogP contribution in [0.2, 0.25) is 0 Å². The highest BCUT2D eigenvalue weighted by Gasteiger charge is 2.17. The minimum absolute atomic E-state index is 0.0763. The zero-order chi connectivity index (χ0) is 26.1. The van der Waals surface area contributed by atoms with Gasteiger partial charge in [0.25, 0.3) is 5.56 Å². The number of benzene rings is 2. The van der Waals surface area contributed by atoms with Gasteiger partial charge in [0.15, 0.2) is 11.5 Å². The molecule has 6 rings (SSSR count). The molecule has 2 aromatic carbocycles. The van der Waals surface area contributed by atoms with E-state index < -0.39 is 0 Å². The highest BCUT2D eigenvalue weighted by Crippen LogP contribution is 2.20. The monoisotopic (exact) mass is 511 g/mol. The van der Waals surface area contributed by atoms with Gasteiger partial charge in [0.1, 0.15) is 11.3 Å². The van der Waals surface area contributed by atoms with Gasteiger partial charge in [-0.05, 0) is 36.2 Å². The van der Waals surface area contributed by atoms with Crippen LogP contribution in [0.25, 0.3) is 27.8 Å². The molecule has 194 valence electrons. The molecule has 0 spiro atoms. The van der Waals surface area contributed by atoms with Gasteiger partial charge in [0.05, 0.1) is 36.1 Å². The second-order valence-electron chi connectivity index (χ2n) is 9.40. The molecule has 0 unspecified atom stereocenters. The van der Waals surface area contributed by atoms with Crippen molar-refractivity contribution in [1.82, 2.24) is 34.4 Å². The van der Waals surface area contributed by atoms with Crippen molar-refractivity contribution in [2.75, 3.05) is 43.9 Å². The van der Waals surface area contributed by atoms with E-state index in [0.717, 1.165) is 49.7 Å². The second kappa shape index (κ2) is 10.2. The van der Waals surface area contributed by atoms with E-state index in [4.69, 9.17) is 15.5 Å². The Labute approximate surface area is 218 Å². The summed E-state index contributed by atoms with van der Waals surface area (Å²) < 4.78 is 7.22. The second-order valence-corrected chi connectivity index (χ2v) is 9.40. The molecule has 0 aliphatic carbocycles. The smallest absolute Gasteiger partial charge is 0.266 e. The third-order valence-corrected chi connectivity index (χ3v) is 6.79. The lowest BCUT2D eigenvalue weighted by atomic mass is 10.1. The van der Waals surface area contributed by atoms with Crippen molar-refractivity contribution >= 4 is 33.8 Å². The zero-order valence-corrected chi connectivity index (χ0v) is 21.1. The number of ether oxygens (including phenoxy) is 1. The van der Waals surface area contributed by atoms with Crippen LogP contribution in [0.1, 0.15) is 17.0 Å². The Morgan fingerprint density at radius 3 is 2.82 bits per heavy atom. The van der Waals surface area contributed by atoms with Gasteiger partial charge in [-0.3, -0.25) is 14.3 Å². The number of nitrogen functional groups attached to an aromatic ring is 1. The number of aromatic amines is 1. The number of morpholine rings is 1.